The molecule has 3 aromatic heterocycles. The molecule has 0 aliphatic carbocycles. The fourth-order valence-electron chi connectivity index (χ4n) is 8.97. The molecule has 52 heavy (non-hydrogen) atoms. The van der Waals surface area contributed by atoms with E-state index in [1.54, 1.807) is 0 Å². The maximum atomic E-state index is 6.36. The number of hydrogen-bond donors (Lipinski definition) is 0. The van der Waals surface area contributed by atoms with E-state index in [1.165, 1.54) is 77.6 Å². The first-order valence-corrected chi connectivity index (χ1v) is 17.8. The molecule has 0 saturated carbocycles. The van der Waals surface area contributed by atoms with Gasteiger partial charge in [-0.3, -0.25) is 0 Å². The van der Waals surface area contributed by atoms with Crippen LogP contribution in [0.4, 0.5) is 0 Å². The first-order chi connectivity index (χ1) is 25.7. The third-order valence-electron chi connectivity index (χ3n) is 11.2. The van der Waals surface area contributed by atoms with Crippen LogP contribution in [-0.2, 0) is 0 Å². The number of nitrogens with zero attached hydrogens (tertiary/aromatic N) is 1. The van der Waals surface area contributed by atoms with Gasteiger partial charge in [0.25, 0.3) is 0 Å². The quantitative estimate of drug-likeness (QED) is 0.184. The zero-order valence-corrected chi connectivity index (χ0v) is 28.3. The van der Waals surface area contributed by atoms with Crippen molar-refractivity contribution in [3.05, 3.63) is 163 Å². The van der Waals surface area contributed by atoms with Gasteiger partial charge in [-0.2, -0.15) is 0 Å². The summed E-state index contributed by atoms with van der Waals surface area (Å²) in [5.41, 5.74) is 18.1. The summed E-state index contributed by atoms with van der Waals surface area (Å²) in [5.74, 6) is 0. The molecule has 3 heteroatoms. The summed E-state index contributed by atoms with van der Waals surface area (Å²) in [4.78, 5) is 0. The van der Waals surface area contributed by atoms with Crippen molar-refractivity contribution in [1.29, 1.82) is 0 Å². The van der Waals surface area contributed by atoms with E-state index in [0.717, 1.165) is 43.9 Å². The van der Waals surface area contributed by atoms with E-state index >= 15 is 0 Å². The summed E-state index contributed by atoms with van der Waals surface area (Å²) in [6.45, 7) is 2.20. The highest BCUT2D eigenvalue weighted by atomic mass is 16.3. The Hall–Kier alpha value is -6.84. The van der Waals surface area contributed by atoms with Crippen LogP contribution in [0, 0.1) is 6.92 Å². The Morgan fingerprint density at radius 2 is 1.00 bits per heavy atom. The molecule has 0 N–H and O–H groups in total. The minimum Gasteiger partial charge on any atom is -0.456 e. The highest BCUT2D eigenvalue weighted by Crippen LogP contribution is 2.50. The van der Waals surface area contributed by atoms with Gasteiger partial charge in [0.15, 0.2) is 0 Å². The van der Waals surface area contributed by atoms with Gasteiger partial charge in [0.1, 0.15) is 22.3 Å². The minimum absolute atomic E-state index is 0.906. The van der Waals surface area contributed by atoms with Crippen molar-refractivity contribution in [2.75, 3.05) is 0 Å². The van der Waals surface area contributed by atoms with Gasteiger partial charge in [0, 0.05) is 43.4 Å². The first kappa shape index (κ1) is 27.9. The molecule has 4 heterocycles. The number of aryl methyl sites for hydroxylation is 1. The predicted molar refractivity (Wildman–Crippen MR) is 215 cm³/mol. The second kappa shape index (κ2) is 10.1. The van der Waals surface area contributed by atoms with Gasteiger partial charge in [-0.1, -0.05) is 109 Å². The van der Waals surface area contributed by atoms with E-state index in [0.29, 0.717) is 0 Å². The molecule has 3 nitrogen and oxygen atoms in total. The van der Waals surface area contributed by atoms with Crippen molar-refractivity contribution in [1.82, 2.24) is 4.57 Å². The van der Waals surface area contributed by atoms with Gasteiger partial charge in [0.2, 0.25) is 0 Å². The molecule has 1 aliphatic heterocycles. The Kier molecular flexibility index (Phi) is 5.43. The Bertz CT molecular complexity index is 3310. The SMILES string of the molecule is Cc1ccc2c(c1)-c1cc(-c3cccc4oc5ccccc5c34)cc3c4ccccc4n(c13)-c1ccc(-c3cccc4oc5ccccc5c34)cc1-2. The largest absolute Gasteiger partial charge is 0.456 e. The summed E-state index contributed by atoms with van der Waals surface area (Å²) < 4.78 is 15.2. The van der Waals surface area contributed by atoms with Crippen LogP contribution in [0.15, 0.2) is 167 Å². The van der Waals surface area contributed by atoms with E-state index < -0.39 is 0 Å². The van der Waals surface area contributed by atoms with Crippen LogP contribution in [0.2, 0.25) is 0 Å². The van der Waals surface area contributed by atoms with Crippen LogP contribution in [-0.4, -0.2) is 4.57 Å². The molecule has 12 rings (SSSR count). The van der Waals surface area contributed by atoms with Gasteiger partial charge in [-0.05, 0) is 94.9 Å². The Balaban J connectivity index is 1.19. The molecule has 1 aliphatic rings. The van der Waals surface area contributed by atoms with E-state index in [1.807, 2.05) is 12.1 Å². The average molecular weight is 664 g/mol. The van der Waals surface area contributed by atoms with Gasteiger partial charge >= 0.3 is 0 Å². The lowest BCUT2D eigenvalue weighted by Crippen LogP contribution is -1.96. The van der Waals surface area contributed by atoms with Crippen molar-refractivity contribution in [3.8, 4) is 50.2 Å². The summed E-state index contributed by atoms with van der Waals surface area (Å²) in [6.07, 6.45) is 0. The molecule has 11 aromatic rings. The number of benzene rings is 8. The number of furan rings is 2. The molecule has 0 unspecified atom stereocenters. The molecule has 0 fully saturated rings. The molecule has 242 valence electrons. The summed E-state index contributed by atoms with van der Waals surface area (Å²) in [6, 6.07) is 57.2. The second-order valence-electron chi connectivity index (χ2n) is 14.1. The predicted octanol–water partition coefficient (Wildman–Crippen LogP) is 13.9. The maximum Gasteiger partial charge on any atom is 0.136 e. The Labute approximate surface area is 298 Å². The van der Waals surface area contributed by atoms with Gasteiger partial charge in [0.05, 0.1) is 16.7 Å². The lowest BCUT2D eigenvalue weighted by Gasteiger charge is -2.15. The smallest absolute Gasteiger partial charge is 0.136 e. The molecular weight excluding hydrogens is 635 g/mol. The lowest BCUT2D eigenvalue weighted by atomic mass is 9.88. The fraction of sp³-hybridized carbons (Fsp3) is 0.0204. The van der Waals surface area contributed by atoms with Gasteiger partial charge < -0.3 is 13.4 Å². The van der Waals surface area contributed by atoms with Crippen molar-refractivity contribution in [2.45, 2.75) is 6.92 Å². The molecule has 0 spiro atoms. The number of hydrogen-bond acceptors (Lipinski definition) is 2. The topological polar surface area (TPSA) is 31.2 Å². The third kappa shape index (κ3) is 3.69. The summed E-state index contributed by atoms with van der Waals surface area (Å²) in [7, 11) is 0. The summed E-state index contributed by atoms with van der Waals surface area (Å²) >= 11 is 0. The molecule has 0 amide bonds. The second-order valence-corrected chi connectivity index (χ2v) is 14.1. The molecule has 0 radical (unpaired) electrons. The van der Waals surface area contributed by atoms with Crippen molar-refractivity contribution < 1.29 is 8.83 Å². The Morgan fingerprint density at radius 1 is 0.385 bits per heavy atom. The normalized spacial score (nSPS) is 12.3. The van der Waals surface area contributed by atoms with Crippen molar-refractivity contribution >= 4 is 65.7 Å². The van der Waals surface area contributed by atoms with E-state index in [4.69, 9.17) is 8.83 Å². The highest BCUT2D eigenvalue weighted by molar-refractivity contribution is 6.20. The van der Waals surface area contributed by atoms with E-state index in [-0.39, 0.29) is 0 Å². The molecule has 0 bridgehead atoms. The fourth-order valence-corrected chi connectivity index (χ4v) is 8.97. The molecule has 8 aromatic carbocycles. The molecule has 0 saturated heterocycles. The highest BCUT2D eigenvalue weighted by Gasteiger charge is 2.27. The van der Waals surface area contributed by atoms with Crippen LogP contribution in [0.5, 0.6) is 0 Å². The Morgan fingerprint density at radius 3 is 1.73 bits per heavy atom. The van der Waals surface area contributed by atoms with Gasteiger partial charge in [-0.25, -0.2) is 0 Å². The first-order valence-electron chi connectivity index (χ1n) is 17.8. The monoisotopic (exact) mass is 663 g/mol. The lowest BCUT2D eigenvalue weighted by molar-refractivity contribution is 0.668. The molecular formula is C49H29NO2. The zero-order valence-electron chi connectivity index (χ0n) is 28.3. The minimum atomic E-state index is 0.906. The van der Waals surface area contributed by atoms with E-state index in [2.05, 4.69) is 157 Å². The van der Waals surface area contributed by atoms with Gasteiger partial charge in [-0.15, -0.1) is 0 Å². The number of rotatable bonds is 2. The van der Waals surface area contributed by atoms with Crippen LogP contribution in [0.1, 0.15) is 5.56 Å². The van der Waals surface area contributed by atoms with E-state index in [9.17, 15) is 0 Å². The average Bonchev–Trinajstić information content (AvgIpc) is 3.85. The maximum absolute atomic E-state index is 6.36. The van der Waals surface area contributed by atoms with Crippen LogP contribution in [0.25, 0.3) is 116 Å². The zero-order chi connectivity index (χ0) is 34.1. The van der Waals surface area contributed by atoms with Crippen LogP contribution >= 0.6 is 0 Å². The van der Waals surface area contributed by atoms with Crippen molar-refractivity contribution in [2.24, 2.45) is 0 Å². The van der Waals surface area contributed by atoms with Crippen LogP contribution in [0.3, 0.4) is 0 Å². The third-order valence-corrected chi connectivity index (χ3v) is 11.2. The number of fused-ring (bicyclic) bond motifs is 14. The summed E-state index contributed by atoms with van der Waals surface area (Å²) in [5, 5.41) is 7.06. The van der Waals surface area contributed by atoms with Crippen LogP contribution < -0.4 is 0 Å². The molecule has 0 atom stereocenters. The number of aromatic nitrogens is 1. The number of para-hydroxylation sites is 3. The standard InChI is InChI=1S/C49H29NO2/c1-28-20-22-33-37(24-28)40-27-30(32-14-9-19-46-48(32)36-12-4-7-17-44(36)52-46)26-39-34-10-2-5-15-41(34)50(49(39)40)42-23-21-29(25-38(33)42)31-13-8-18-45-47(31)35-11-3-6-16-43(35)51-45/h2-27H,1H3. The van der Waals surface area contributed by atoms with Crippen molar-refractivity contribution in [3.63, 3.8) is 0 Å².